The number of methoxy groups -OCH3 is 1. The maximum atomic E-state index is 13.8. The highest BCUT2D eigenvalue weighted by Gasteiger charge is 2.86. The van der Waals surface area contributed by atoms with Gasteiger partial charge in [0.2, 0.25) is 5.17 Å². The van der Waals surface area contributed by atoms with Crippen molar-refractivity contribution >= 4 is 50.8 Å². The lowest BCUT2D eigenvalue weighted by Gasteiger charge is -2.32. The Morgan fingerprint density at radius 1 is 0.907 bits per heavy atom. The molecule has 0 atom stereocenters. The highest BCUT2D eigenvalue weighted by molar-refractivity contribution is 8.19. The monoisotopic (exact) mass is 663 g/mol. The van der Waals surface area contributed by atoms with E-state index in [1.807, 2.05) is 0 Å². The third-order valence-corrected chi connectivity index (χ3v) is 7.39. The molecule has 1 heterocycles. The second-order valence-corrected chi connectivity index (χ2v) is 10.6. The molecule has 1 saturated heterocycles. The zero-order valence-electron chi connectivity index (χ0n) is 20.9. The van der Waals surface area contributed by atoms with Crippen molar-refractivity contribution in [1.29, 1.82) is 0 Å². The normalized spacial score (nSPS) is 17.3. The van der Waals surface area contributed by atoms with Gasteiger partial charge in [0.15, 0.2) is 0 Å². The number of ether oxygens (including phenoxy) is 1. The number of amides is 1. The van der Waals surface area contributed by atoms with Crippen LogP contribution >= 0.6 is 11.8 Å². The van der Waals surface area contributed by atoms with E-state index in [4.69, 9.17) is 0 Å². The molecular formula is C23H14F9N3O6S2. The molecule has 1 fully saturated rings. The van der Waals surface area contributed by atoms with E-state index in [9.17, 15) is 57.5 Å². The van der Waals surface area contributed by atoms with E-state index in [-0.39, 0.29) is 15.6 Å². The fraction of sp³-hybridized carbons (Fsp3) is 0.217. The van der Waals surface area contributed by atoms with Crippen LogP contribution in [0, 0.1) is 0 Å². The number of hydrogen-bond donors (Lipinski definition) is 0. The van der Waals surface area contributed by atoms with Gasteiger partial charge in [0.1, 0.15) is 5.75 Å². The molecule has 20 heteroatoms. The number of anilines is 1. The zero-order valence-corrected chi connectivity index (χ0v) is 22.5. The third-order valence-electron chi connectivity index (χ3n) is 5.14. The third kappa shape index (κ3) is 6.48. The molecule has 0 bridgehead atoms. The van der Waals surface area contributed by atoms with Gasteiger partial charge >= 0.3 is 39.4 Å². The van der Waals surface area contributed by atoms with Gasteiger partial charge in [0, 0.05) is 6.08 Å². The quantitative estimate of drug-likeness (QED) is 0.0888. The average Bonchev–Trinajstić information content (AvgIpc) is 3.23. The van der Waals surface area contributed by atoms with Gasteiger partial charge in [-0.05, 0) is 53.7 Å². The lowest BCUT2D eigenvalue weighted by molar-refractivity contribution is -0.382. The maximum absolute atomic E-state index is 13.8. The smallest absolute Gasteiger partial charge is 0.460 e. The minimum absolute atomic E-state index is 0.0284. The molecule has 2 aromatic carbocycles. The number of carbonyl (C=O) groups is 2. The molecule has 1 aliphatic rings. The lowest BCUT2D eigenvalue weighted by Crippen LogP contribution is -2.63. The molecule has 43 heavy (non-hydrogen) atoms. The summed E-state index contributed by atoms with van der Waals surface area (Å²) in [5.41, 5.74) is 0.376. The topological polar surface area (TPSA) is 115 Å². The molecule has 1 amide bonds. The van der Waals surface area contributed by atoms with Crippen molar-refractivity contribution in [3.8, 4) is 5.75 Å². The Balaban J connectivity index is 1.83. The van der Waals surface area contributed by atoms with Gasteiger partial charge in [-0.1, -0.05) is 18.2 Å². The number of esters is 1. The van der Waals surface area contributed by atoms with E-state index < -0.39 is 51.0 Å². The molecule has 0 aromatic heterocycles. The van der Waals surface area contributed by atoms with Crippen LogP contribution in [0.15, 0.2) is 75.8 Å². The first kappa shape index (κ1) is 33.4. The Morgan fingerprint density at radius 2 is 1.49 bits per heavy atom. The standard InChI is InChI=1S/C23H14F9N3O6S2/c1-40-17(36)11-16-18(37)35(14-5-3-2-4-6-14)19(42-16)34-33-12-13-7-9-15(10-8-13)41-43(38,39)23(31,32)21(26,27)20(24,25)22(28,29)30/h2-12H,1H3/b16-11+,33-12+,34-19-. The molecule has 0 N–H and O–H groups in total. The van der Waals surface area contributed by atoms with Crippen LogP contribution in [0.1, 0.15) is 5.56 Å². The second-order valence-electron chi connectivity index (χ2n) is 8.01. The van der Waals surface area contributed by atoms with Crippen molar-refractivity contribution in [2.75, 3.05) is 12.0 Å². The summed E-state index contributed by atoms with van der Waals surface area (Å²) in [6, 6.07) is 10.9. The van der Waals surface area contributed by atoms with Crippen molar-refractivity contribution in [3.63, 3.8) is 0 Å². The van der Waals surface area contributed by atoms with Crippen LogP contribution in [-0.4, -0.2) is 62.1 Å². The van der Waals surface area contributed by atoms with Crippen molar-refractivity contribution in [1.82, 2.24) is 0 Å². The first-order valence-electron chi connectivity index (χ1n) is 11.0. The molecule has 232 valence electrons. The summed E-state index contributed by atoms with van der Waals surface area (Å²) in [5, 5.41) is 0.562. The minimum atomic E-state index is -7.44. The van der Waals surface area contributed by atoms with Crippen LogP contribution in [0.5, 0.6) is 5.75 Å². The Labute approximate surface area is 239 Å². The summed E-state index contributed by atoms with van der Waals surface area (Å²) in [7, 11) is -6.01. The zero-order chi connectivity index (χ0) is 32.4. The van der Waals surface area contributed by atoms with E-state index in [0.717, 1.165) is 48.2 Å². The Bertz CT molecular complexity index is 1580. The minimum Gasteiger partial charge on any atom is -0.466 e. The van der Waals surface area contributed by atoms with Crippen molar-refractivity contribution < 1.29 is 66.4 Å². The second kappa shape index (κ2) is 11.9. The fourth-order valence-electron chi connectivity index (χ4n) is 2.96. The average molecular weight is 663 g/mol. The molecule has 1 aliphatic heterocycles. The highest BCUT2D eigenvalue weighted by atomic mass is 32.2. The first-order valence-corrected chi connectivity index (χ1v) is 13.2. The van der Waals surface area contributed by atoms with Crippen LogP contribution in [0.25, 0.3) is 0 Å². The number of amidine groups is 1. The van der Waals surface area contributed by atoms with Gasteiger partial charge < -0.3 is 8.92 Å². The molecule has 3 rings (SSSR count). The summed E-state index contributed by atoms with van der Waals surface area (Å²) in [6.07, 6.45) is -5.32. The van der Waals surface area contributed by atoms with Crippen LogP contribution in [0.3, 0.4) is 0 Å². The van der Waals surface area contributed by atoms with Gasteiger partial charge in [-0.2, -0.15) is 53.0 Å². The summed E-state index contributed by atoms with van der Waals surface area (Å²) in [4.78, 5) is 25.5. The number of halogens is 9. The van der Waals surface area contributed by atoms with Crippen molar-refractivity contribution in [3.05, 3.63) is 71.1 Å². The largest absolute Gasteiger partial charge is 0.466 e. The van der Waals surface area contributed by atoms with E-state index in [2.05, 4.69) is 19.1 Å². The fourth-order valence-corrected chi connectivity index (χ4v) is 4.77. The molecule has 2 aromatic rings. The molecule has 0 spiro atoms. The number of rotatable bonds is 9. The van der Waals surface area contributed by atoms with Crippen molar-refractivity contribution in [2.24, 2.45) is 10.2 Å². The molecule has 0 aliphatic carbocycles. The number of benzene rings is 2. The number of thioether (sulfide) groups is 1. The summed E-state index contributed by atoms with van der Waals surface area (Å²) in [6.45, 7) is 0. The van der Waals surface area contributed by atoms with Gasteiger partial charge in [-0.25, -0.2) is 4.79 Å². The molecular weight excluding hydrogens is 649 g/mol. The maximum Gasteiger partial charge on any atom is 0.460 e. The van der Waals surface area contributed by atoms with Gasteiger partial charge in [0.25, 0.3) is 5.91 Å². The van der Waals surface area contributed by atoms with E-state index in [1.54, 1.807) is 30.3 Å². The molecule has 0 saturated carbocycles. The van der Waals surface area contributed by atoms with E-state index in [1.165, 1.54) is 0 Å². The molecule has 0 unspecified atom stereocenters. The van der Waals surface area contributed by atoms with Crippen molar-refractivity contribution in [2.45, 2.75) is 23.3 Å². The number of para-hydroxylation sites is 1. The van der Waals surface area contributed by atoms with Crippen LogP contribution in [0.4, 0.5) is 45.2 Å². The summed E-state index contributed by atoms with van der Waals surface area (Å²) in [5.74, 6) is -17.5. The number of alkyl halides is 9. The van der Waals surface area contributed by atoms with Crippen LogP contribution < -0.4 is 9.08 Å². The highest BCUT2D eigenvalue weighted by Crippen LogP contribution is 2.55. The number of nitrogens with zero attached hydrogens (tertiary/aromatic N) is 3. The molecule has 9 nitrogen and oxygen atoms in total. The summed E-state index contributed by atoms with van der Waals surface area (Å²) >= 11 is 0.747. The van der Waals surface area contributed by atoms with Gasteiger partial charge in [-0.3, -0.25) is 9.69 Å². The predicted molar refractivity (Wildman–Crippen MR) is 134 cm³/mol. The lowest BCUT2D eigenvalue weighted by atomic mass is 10.1. The summed E-state index contributed by atoms with van der Waals surface area (Å²) < 4.78 is 149. The van der Waals surface area contributed by atoms with Gasteiger partial charge in [0.05, 0.1) is 23.9 Å². The SMILES string of the molecule is COC(=O)/C=C1/S/C(=N\N=C\c2ccc(OS(=O)(=O)C(F)(F)C(F)(F)C(F)(F)C(F)(F)F)cc2)N(c2ccccc2)C1=O. The van der Waals surface area contributed by atoms with Crippen LogP contribution in [0.2, 0.25) is 0 Å². The van der Waals surface area contributed by atoms with E-state index in [0.29, 0.717) is 17.8 Å². The molecule has 0 radical (unpaired) electrons. The van der Waals surface area contributed by atoms with Gasteiger partial charge in [-0.15, -0.1) is 5.10 Å². The first-order chi connectivity index (χ1) is 19.8. The Morgan fingerprint density at radius 3 is 2.02 bits per heavy atom. The number of carbonyl (C=O) groups excluding carboxylic acids is 2. The van der Waals surface area contributed by atoms with E-state index >= 15 is 0 Å². The number of hydrogen-bond acceptors (Lipinski definition) is 9. The Kier molecular flexibility index (Phi) is 9.25. The van der Waals surface area contributed by atoms with Crippen LogP contribution in [-0.2, 0) is 24.4 Å². The Hall–Kier alpha value is -4.07. The predicted octanol–water partition coefficient (Wildman–Crippen LogP) is 5.35.